The first-order valence-corrected chi connectivity index (χ1v) is 9.78. The van der Waals surface area contributed by atoms with Crippen LogP contribution in [0.25, 0.3) is 0 Å². The fourth-order valence-corrected chi connectivity index (χ4v) is 3.46. The average molecular weight is 398 g/mol. The van der Waals surface area contributed by atoms with Crippen LogP contribution >= 0.6 is 0 Å². The zero-order valence-electron chi connectivity index (χ0n) is 16.6. The summed E-state index contributed by atoms with van der Waals surface area (Å²) in [6, 6.07) is 11.9. The molecule has 2 aromatic rings. The van der Waals surface area contributed by atoms with Gasteiger partial charge in [0.1, 0.15) is 5.75 Å². The Balaban J connectivity index is 1.39. The monoisotopic (exact) mass is 398 g/mol. The molecule has 1 aliphatic heterocycles. The second kappa shape index (κ2) is 9.97. The van der Waals surface area contributed by atoms with Crippen molar-refractivity contribution in [3.63, 3.8) is 0 Å². The largest absolute Gasteiger partial charge is 0.484 e. The molecule has 1 aromatic carbocycles. The van der Waals surface area contributed by atoms with Crippen LogP contribution in [0.4, 0.5) is 5.69 Å². The summed E-state index contributed by atoms with van der Waals surface area (Å²) < 4.78 is 5.49. The van der Waals surface area contributed by atoms with Crippen LogP contribution < -0.4 is 4.74 Å². The summed E-state index contributed by atoms with van der Waals surface area (Å²) in [7, 11) is 1.82. The van der Waals surface area contributed by atoms with Crippen LogP contribution in [0, 0.1) is 10.1 Å². The van der Waals surface area contributed by atoms with E-state index >= 15 is 0 Å². The van der Waals surface area contributed by atoms with Gasteiger partial charge in [-0.25, -0.2) is 0 Å². The lowest BCUT2D eigenvalue weighted by molar-refractivity contribution is -0.384. The van der Waals surface area contributed by atoms with Crippen LogP contribution in [0.2, 0.25) is 0 Å². The average Bonchev–Trinajstić information content (AvgIpc) is 2.77. The predicted octanol–water partition coefficient (Wildman–Crippen LogP) is 2.53. The molecular formula is C21H26N4O4. The highest BCUT2D eigenvalue weighted by molar-refractivity contribution is 5.77. The molecule has 0 bridgehead atoms. The highest BCUT2D eigenvalue weighted by Crippen LogP contribution is 2.19. The molecule has 8 heteroatoms. The molecule has 29 heavy (non-hydrogen) atoms. The Morgan fingerprint density at radius 3 is 2.59 bits per heavy atom. The quantitative estimate of drug-likeness (QED) is 0.501. The van der Waals surface area contributed by atoms with E-state index in [1.807, 2.05) is 31.4 Å². The summed E-state index contributed by atoms with van der Waals surface area (Å²) in [5.74, 6) is 0.358. The van der Waals surface area contributed by atoms with Gasteiger partial charge in [0, 0.05) is 63.2 Å². The molecule has 1 amide bonds. The maximum Gasteiger partial charge on any atom is 0.269 e. The van der Waals surface area contributed by atoms with Crippen molar-refractivity contribution in [3.8, 4) is 5.75 Å². The first-order valence-electron chi connectivity index (χ1n) is 9.78. The lowest BCUT2D eigenvalue weighted by atomic mass is 10.0. The number of hydrogen-bond donors (Lipinski definition) is 0. The third-order valence-electron chi connectivity index (χ3n) is 5.32. The minimum Gasteiger partial charge on any atom is -0.484 e. The van der Waals surface area contributed by atoms with Crippen LogP contribution in [0.15, 0.2) is 48.7 Å². The van der Waals surface area contributed by atoms with E-state index in [-0.39, 0.29) is 24.2 Å². The van der Waals surface area contributed by atoms with Gasteiger partial charge < -0.3 is 14.5 Å². The van der Waals surface area contributed by atoms with Gasteiger partial charge in [-0.15, -0.1) is 0 Å². The number of benzene rings is 1. The first kappa shape index (κ1) is 20.7. The SMILES string of the molecule is CN(C(=O)COc1ccc([N+](=O)[O-])cc1)C1CCN(CCc2ccccn2)CC1. The fourth-order valence-electron chi connectivity index (χ4n) is 3.46. The van der Waals surface area contributed by atoms with Crippen molar-refractivity contribution < 1.29 is 14.5 Å². The molecule has 1 aromatic heterocycles. The van der Waals surface area contributed by atoms with Crippen molar-refractivity contribution in [1.29, 1.82) is 0 Å². The summed E-state index contributed by atoms with van der Waals surface area (Å²) >= 11 is 0. The number of nitro groups is 1. The van der Waals surface area contributed by atoms with E-state index in [4.69, 9.17) is 4.74 Å². The number of carbonyl (C=O) groups is 1. The van der Waals surface area contributed by atoms with Gasteiger partial charge in [0.2, 0.25) is 0 Å². The molecule has 1 fully saturated rings. The van der Waals surface area contributed by atoms with E-state index in [0.29, 0.717) is 5.75 Å². The van der Waals surface area contributed by atoms with Gasteiger partial charge in [-0.1, -0.05) is 6.07 Å². The highest BCUT2D eigenvalue weighted by Gasteiger charge is 2.25. The number of nitrogens with zero attached hydrogens (tertiary/aromatic N) is 4. The van der Waals surface area contributed by atoms with Gasteiger partial charge in [0.25, 0.3) is 11.6 Å². The van der Waals surface area contributed by atoms with Crippen molar-refractivity contribution in [2.24, 2.45) is 0 Å². The standard InChI is InChI=1S/C21H26N4O4/c1-23(21(26)16-29-20-7-5-19(6-8-20)25(27)28)18-10-14-24(15-11-18)13-9-17-4-2-3-12-22-17/h2-8,12,18H,9-11,13-16H2,1H3. The third kappa shape index (κ3) is 5.99. The van der Waals surface area contributed by atoms with Gasteiger partial charge in [0.05, 0.1) is 4.92 Å². The minimum atomic E-state index is -0.467. The Morgan fingerprint density at radius 1 is 1.24 bits per heavy atom. The predicted molar refractivity (Wildman–Crippen MR) is 109 cm³/mol. The number of non-ortho nitro benzene ring substituents is 1. The van der Waals surface area contributed by atoms with E-state index in [2.05, 4.69) is 9.88 Å². The number of hydrogen-bond acceptors (Lipinski definition) is 6. The fraction of sp³-hybridized carbons (Fsp3) is 0.429. The first-order chi connectivity index (χ1) is 14.0. The highest BCUT2D eigenvalue weighted by atomic mass is 16.6. The van der Waals surface area contributed by atoms with E-state index in [0.717, 1.165) is 44.6 Å². The Kier molecular flexibility index (Phi) is 7.13. The van der Waals surface area contributed by atoms with Crippen molar-refractivity contribution in [1.82, 2.24) is 14.8 Å². The van der Waals surface area contributed by atoms with Crippen LogP contribution in [-0.4, -0.2) is 64.9 Å². The molecule has 1 saturated heterocycles. The maximum atomic E-state index is 12.5. The van der Waals surface area contributed by atoms with Crippen LogP contribution in [0.1, 0.15) is 18.5 Å². The molecule has 0 radical (unpaired) electrons. The molecule has 0 saturated carbocycles. The number of aromatic nitrogens is 1. The molecule has 0 unspecified atom stereocenters. The molecule has 0 atom stereocenters. The number of ether oxygens (including phenoxy) is 1. The number of amides is 1. The molecule has 0 N–H and O–H groups in total. The van der Waals surface area contributed by atoms with Crippen LogP contribution in [0.3, 0.4) is 0 Å². The van der Waals surface area contributed by atoms with E-state index in [9.17, 15) is 14.9 Å². The molecular weight excluding hydrogens is 372 g/mol. The third-order valence-corrected chi connectivity index (χ3v) is 5.32. The number of nitro benzene ring substituents is 1. The van der Waals surface area contributed by atoms with E-state index in [1.54, 1.807) is 4.90 Å². The molecule has 3 rings (SSSR count). The van der Waals surface area contributed by atoms with Gasteiger partial charge >= 0.3 is 0 Å². The second-order valence-corrected chi connectivity index (χ2v) is 7.19. The molecule has 154 valence electrons. The van der Waals surface area contributed by atoms with Gasteiger partial charge in [-0.3, -0.25) is 19.9 Å². The normalized spacial score (nSPS) is 15.1. The number of carbonyl (C=O) groups excluding carboxylic acids is 1. The van der Waals surface area contributed by atoms with Crippen LogP contribution in [0.5, 0.6) is 5.75 Å². The Bertz CT molecular complexity index is 805. The lowest BCUT2D eigenvalue weighted by Gasteiger charge is -2.36. The minimum absolute atomic E-state index is 0.00407. The number of likely N-dealkylation sites (tertiary alicyclic amines) is 1. The lowest BCUT2D eigenvalue weighted by Crippen LogP contribution is -2.47. The summed E-state index contributed by atoms with van der Waals surface area (Å²) in [4.78, 5) is 31.2. The number of likely N-dealkylation sites (N-methyl/N-ethyl adjacent to an activating group) is 1. The van der Waals surface area contributed by atoms with Crippen molar-refractivity contribution >= 4 is 11.6 Å². The van der Waals surface area contributed by atoms with E-state index in [1.165, 1.54) is 24.3 Å². The Hall–Kier alpha value is -3.00. The molecule has 8 nitrogen and oxygen atoms in total. The summed E-state index contributed by atoms with van der Waals surface area (Å²) in [6.07, 6.45) is 4.62. The molecule has 0 aliphatic carbocycles. The van der Waals surface area contributed by atoms with Gasteiger partial charge in [-0.2, -0.15) is 0 Å². The Morgan fingerprint density at radius 2 is 1.97 bits per heavy atom. The zero-order valence-corrected chi connectivity index (χ0v) is 16.6. The van der Waals surface area contributed by atoms with Gasteiger partial charge in [0.15, 0.2) is 6.61 Å². The maximum absolute atomic E-state index is 12.5. The smallest absolute Gasteiger partial charge is 0.269 e. The van der Waals surface area contributed by atoms with Crippen LogP contribution in [-0.2, 0) is 11.2 Å². The Labute approximate surface area is 170 Å². The zero-order chi connectivity index (χ0) is 20.6. The van der Waals surface area contributed by atoms with Crippen molar-refractivity contribution in [2.75, 3.05) is 33.3 Å². The number of rotatable bonds is 8. The summed E-state index contributed by atoms with van der Waals surface area (Å²) in [5, 5.41) is 10.7. The molecule has 2 heterocycles. The topological polar surface area (TPSA) is 88.8 Å². The summed E-state index contributed by atoms with van der Waals surface area (Å²) in [5.41, 5.74) is 1.10. The number of pyridine rings is 1. The van der Waals surface area contributed by atoms with Gasteiger partial charge in [-0.05, 0) is 37.1 Å². The summed E-state index contributed by atoms with van der Waals surface area (Å²) in [6.45, 7) is 2.81. The van der Waals surface area contributed by atoms with E-state index < -0.39 is 4.92 Å². The second-order valence-electron chi connectivity index (χ2n) is 7.19. The van der Waals surface area contributed by atoms with Crippen molar-refractivity contribution in [3.05, 3.63) is 64.5 Å². The number of piperidine rings is 1. The van der Waals surface area contributed by atoms with Crippen molar-refractivity contribution in [2.45, 2.75) is 25.3 Å². The molecule has 1 aliphatic rings. The molecule has 0 spiro atoms.